The number of hydrogen-bond acceptors (Lipinski definition) is 2. The summed E-state index contributed by atoms with van der Waals surface area (Å²) in [5.74, 6) is -0.00979. The predicted molar refractivity (Wildman–Crippen MR) is 144 cm³/mol. The molecule has 0 saturated heterocycles. The second kappa shape index (κ2) is 8.41. The van der Waals surface area contributed by atoms with Gasteiger partial charge in [-0.25, -0.2) is 0 Å². The normalized spacial score (nSPS) is 19.2. The van der Waals surface area contributed by atoms with Crippen LogP contribution in [0.5, 0.6) is 5.75 Å². The minimum absolute atomic E-state index is 0.0149. The largest absolute Gasteiger partial charge is 0.508 e. The average molecular weight is 466 g/mol. The molecule has 0 atom stereocenters. The molecule has 3 nitrogen and oxygen atoms in total. The lowest BCUT2D eigenvalue weighted by atomic mass is 9.62. The van der Waals surface area contributed by atoms with Gasteiger partial charge in [0.15, 0.2) is 0 Å². The van der Waals surface area contributed by atoms with Crippen LogP contribution in [0.1, 0.15) is 81.2 Å². The molecule has 35 heavy (non-hydrogen) atoms. The number of amides is 1. The van der Waals surface area contributed by atoms with Crippen molar-refractivity contribution in [1.29, 1.82) is 0 Å². The number of hydrogen-bond donors (Lipinski definition) is 2. The minimum Gasteiger partial charge on any atom is -0.508 e. The smallest absolute Gasteiger partial charge is 0.248 e. The molecule has 1 fully saturated rings. The van der Waals surface area contributed by atoms with Crippen LogP contribution >= 0.6 is 0 Å². The molecule has 1 amide bonds. The second-order valence-corrected chi connectivity index (χ2v) is 11.6. The van der Waals surface area contributed by atoms with E-state index in [1.165, 1.54) is 35.1 Å². The van der Waals surface area contributed by atoms with Crippen LogP contribution in [0.3, 0.4) is 0 Å². The van der Waals surface area contributed by atoms with Crippen molar-refractivity contribution >= 4 is 17.7 Å². The SMILES string of the molecule is CC1(C)CCC(C)(C)c2cc(C3(c4ccccc4/C=C\C(=O)Nc4ccc(O)cc4)CC3)ccc21. The Kier molecular flexibility index (Phi) is 5.62. The highest BCUT2D eigenvalue weighted by Crippen LogP contribution is 2.56. The molecule has 0 radical (unpaired) electrons. The Morgan fingerprint density at radius 1 is 0.800 bits per heavy atom. The molecule has 0 aliphatic heterocycles. The molecular weight excluding hydrogens is 430 g/mol. The van der Waals surface area contributed by atoms with Crippen LogP contribution in [-0.4, -0.2) is 11.0 Å². The average Bonchev–Trinajstić information content (AvgIpc) is 3.64. The van der Waals surface area contributed by atoms with Gasteiger partial charge in [0.1, 0.15) is 5.75 Å². The van der Waals surface area contributed by atoms with Gasteiger partial charge < -0.3 is 10.4 Å². The fraction of sp³-hybridized carbons (Fsp3) is 0.344. The number of phenolic OH excluding ortho intramolecular Hbond substituents is 1. The number of aromatic hydroxyl groups is 1. The van der Waals surface area contributed by atoms with Gasteiger partial charge in [-0.2, -0.15) is 0 Å². The molecular formula is C32H35NO2. The summed E-state index contributed by atoms with van der Waals surface area (Å²) in [5, 5.41) is 12.3. The maximum atomic E-state index is 12.5. The lowest BCUT2D eigenvalue weighted by Gasteiger charge is -2.42. The molecule has 2 aliphatic carbocycles. The summed E-state index contributed by atoms with van der Waals surface area (Å²) < 4.78 is 0. The number of rotatable bonds is 5. The maximum absolute atomic E-state index is 12.5. The van der Waals surface area contributed by atoms with Crippen molar-refractivity contribution in [1.82, 2.24) is 0 Å². The fourth-order valence-corrected chi connectivity index (χ4v) is 5.70. The van der Waals surface area contributed by atoms with Crippen LogP contribution in [0.2, 0.25) is 0 Å². The molecule has 0 heterocycles. The third kappa shape index (κ3) is 4.40. The van der Waals surface area contributed by atoms with Crippen LogP contribution in [0.4, 0.5) is 5.69 Å². The summed E-state index contributed by atoms with van der Waals surface area (Å²) >= 11 is 0. The minimum atomic E-state index is -0.187. The Balaban J connectivity index is 1.45. The Morgan fingerprint density at radius 2 is 1.46 bits per heavy atom. The van der Waals surface area contributed by atoms with E-state index < -0.39 is 0 Å². The van der Waals surface area contributed by atoms with Crippen molar-refractivity contribution in [2.75, 3.05) is 5.32 Å². The zero-order valence-corrected chi connectivity index (χ0v) is 21.2. The van der Waals surface area contributed by atoms with Crippen LogP contribution in [0, 0.1) is 0 Å². The molecule has 5 rings (SSSR count). The van der Waals surface area contributed by atoms with E-state index >= 15 is 0 Å². The molecule has 180 valence electrons. The van der Waals surface area contributed by atoms with E-state index in [1.807, 2.05) is 12.1 Å². The number of fused-ring (bicyclic) bond motifs is 1. The Bertz CT molecular complexity index is 1290. The van der Waals surface area contributed by atoms with Crippen molar-refractivity contribution in [3.05, 3.63) is 101 Å². The van der Waals surface area contributed by atoms with Gasteiger partial charge in [0.05, 0.1) is 0 Å². The highest BCUT2D eigenvalue weighted by molar-refractivity contribution is 6.02. The number of carbonyl (C=O) groups is 1. The van der Waals surface area contributed by atoms with E-state index in [2.05, 4.69) is 69.4 Å². The number of carbonyl (C=O) groups excluding carboxylic acids is 1. The molecule has 0 spiro atoms. The van der Waals surface area contributed by atoms with Crippen molar-refractivity contribution in [2.24, 2.45) is 0 Å². The summed E-state index contributed by atoms with van der Waals surface area (Å²) in [5.41, 5.74) is 7.84. The molecule has 0 aromatic heterocycles. The first-order valence-electron chi connectivity index (χ1n) is 12.6. The molecule has 0 bridgehead atoms. The Morgan fingerprint density at radius 3 is 2.14 bits per heavy atom. The molecule has 3 aromatic carbocycles. The van der Waals surface area contributed by atoms with Gasteiger partial charge >= 0.3 is 0 Å². The third-order valence-corrected chi connectivity index (χ3v) is 8.18. The van der Waals surface area contributed by atoms with E-state index in [1.54, 1.807) is 30.3 Å². The number of phenols is 1. The molecule has 0 unspecified atom stereocenters. The monoisotopic (exact) mass is 465 g/mol. The molecule has 1 saturated carbocycles. The van der Waals surface area contributed by atoms with Crippen LogP contribution in [-0.2, 0) is 21.0 Å². The zero-order chi connectivity index (χ0) is 24.8. The molecule has 3 heteroatoms. The molecule has 2 aliphatic rings. The summed E-state index contributed by atoms with van der Waals surface area (Å²) in [6.07, 6.45) is 8.20. The van der Waals surface area contributed by atoms with Gasteiger partial charge in [-0.1, -0.05) is 70.2 Å². The van der Waals surface area contributed by atoms with Crippen molar-refractivity contribution in [3.8, 4) is 5.75 Å². The van der Waals surface area contributed by atoms with Crippen LogP contribution in [0.15, 0.2) is 72.8 Å². The van der Waals surface area contributed by atoms with E-state index in [0.29, 0.717) is 5.69 Å². The first kappa shape index (κ1) is 23.4. The summed E-state index contributed by atoms with van der Waals surface area (Å²) in [6.45, 7) is 9.51. The van der Waals surface area contributed by atoms with Crippen molar-refractivity contribution in [3.63, 3.8) is 0 Å². The Labute approximate surface area is 208 Å². The van der Waals surface area contributed by atoms with Crippen LogP contribution < -0.4 is 5.32 Å². The van der Waals surface area contributed by atoms with Crippen LogP contribution in [0.25, 0.3) is 6.08 Å². The quantitative estimate of drug-likeness (QED) is 0.303. The number of nitrogens with one attached hydrogen (secondary N) is 1. The summed E-state index contributed by atoms with van der Waals surface area (Å²) in [4.78, 5) is 12.5. The number of benzene rings is 3. The van der Waals surface area contributed by atoms with Crippen molar-refractivity contribution in [2.45, 2.75) is 69.6 Å². The first-order valence-corrected chi connectivity index (χ1v) is 12.6. The van der Waals surface area contributed by atoms with Gasteiger partial charge in [-0.3, -0.25) is 4.79 Å². The second-order valence-electron chi connectivity index (χ2n) is 11.6. The fourth-order valence-electron chi connectivity index (χ4n) is 5.70. The lowest BCUT2D eigenvalue weighted by Crippen LogP contribution is -2.34. The molecule has 2 N–H and O–H groups in total. The van der Waals surface area contributed by atoms with E-state index in [4.69, 9.17) is 0 Å². The highest BCUT2D eigenvalue weighted by atomic mass is 16.3. The van der Waals surface area contributed by atoms with Gasteiger partial charge in [0.2, 0.25) is 5.91 Å². The van der Waals surface area contributed by atoms with Gasteiger partial charge in [-0.15, -0.1) is 0 Å². The van der Waals surface area contributed by atoms with E-state index in [0.717, 1.165) is 18.4 Å². The van der Waals surface area contributed by atoms with Crippen molar-refractivity contribution < 1.29 is 9.90 Å². The topological polar surface area (TPSA) is 49.3 Å². The lowest BCUT2D eigenvalue weighted by molar-refractivity contribution is -0.111. The summed E-state index contributed by atoms with van der Waals surface area (Å²) in [6, 6.07) is 22.2. The highest BCUT2D eigenvalue weighted by Gasteiger charge is 2.48. The Hall–Kier alpha value is -3.33. The number of anilines is 1. The zero-order valence-electron chi connectivity index (χ0n) is 21.2. The van der Waals surface area contributed by atoms with Gasteiger partial charge in [0, 0.05) is 17.2 Å². The summed E-state index contributed by atoms with van der Waals surface area (Å²) in [7, 11) is 0. The maximum Gasteiger partial charge on any atom is 0.248 e. The predicted octanol–water partition coefficient (Wildman–Crippen LogP) is 7.47. The molecule has 3 aromatic rings. The van der Waals surface area contributed by atoms with E-state index in [9.17, 15) is 9.90 Å². The van der Waals surface area contributed by atoms with Gasteiger partial charge in [-0.05, 0) is 94.7 Å². The third-order valence-electron chi connectivity index (χ3n) is 8.18. The van der Waals surface area contributed by atoms with E-state index in [-0.39, 0.29) is 27.9 Å². The first-order chi connectivity index (χ1) is 16.6. The van der Waals surface area contributed by atoms with Gasteiger partial charge in [0.25, 0.3) is 0 Å². The standard InChI is InChI=1S/C32H35NO2/c1-30(2)17-18-31(3,4)28-21-23(10-15-27(28)30)32(19-20-32)26-8-6-5-7-22(26)9-16-29(35)33-24-11-13-25(34)14-12-24/h5-16,21,34H,17-20H2,1-4H3,(H,33,35)/b16-9-.